The summed E-state index contributed by atoms with van der Waals surface area (Å²) in [5, 5.41) is 0. The summed E-state index contributed by atoms with van der Waals surface area (Å²) < 4.78 is 35.3. The quantitative estimate of drug-likeness (QED) is 0.170. The van der Waals surface area contributed by atoms with E-state index in [9.17, 15) is 0 Å². The molecule has 11 rings (SSSR count). The Balaban J connectivity index is 1.12. The van der Waals surface area contributed by atoms with Crippen LogP contribution in [0.15, 0.2) is 97.6 Å². The van der Waals surface area contributed by atoms with Gasteiger partial charge < -0.3 is 18.9 Å². The lowest BCUT2D eigenvalue weighted by Gasteiger charge is -2.21. The van der Waals surface area contributed by atoms with Crippen LogP contribution in [-0.2, 0) is 10.8 Å². The average Bonchev–Trinajstić information content (AvgIpc) is 3.99. The molecular weight excluding hydrogens is 673 g/mol. The van der Waals surface area contributed by atoms with Gasteiger partial charge >= 0.3 is 23.5 Å². The van der Waals surface area contributed by atoms with Gasteiger partial charge in [-0.2, -0.15) is 18.3 Å². The topological polar surface area (TPSA) is 54.5 Å². The van der Waals surface area contributed by atoms with Crippen molar-refractivity contribution in [2.45, 2.75) is 76.5 Å². The zero-order valence-electron chi connectivity index (χ0n) is 31.8. The highest BCUT2D eigenvalue weighted by Crippen LogP contribution is 2.46. The number of hydrogen-bond acceptors (Lipinski definition) is 4. The molecule has 0 fully saturated rings. The van der Waals surface area contributed by atoms with Crippen LogP contribution in [-0.4, -0.2) is 35.6 Å². The van der Waals surface area contributed by atoms with Crippen LogP contribution in [0.5, 0.6) is 23.5 Å². The minimum absolute atomic E-state index is 0.0136. The molecule has 2 aromatic heterocycles. The summed E-state index contributed by atoms with van der Waals surface area (Å²) in [6.45, 7) is 15.8. The van der Waals surface area contributed by atoms with Crippen LogP contribution >= 0.6 is 0 Å². The molecular formula is C46H46N4O4+2. The SMILES string of the molecule is CC(C)(C)c1cccc(-c2cc3cc(c2)C2COc4c5[n+](cn42)C(CO5)c2cc(-c4cccc(C(C)(C)C)c4)cc(c2)C2COc4c5n(c[n+]42)C3CO5)c1. The molecule has 7 heterocycles. The van der Waals surface area contributed by atoms with Gasteiger partial charge in [-0.1, -0.05) is 90.1 Å². The maximum absolute atomic E-state index is 6.53. The summed E-state index contributed by atoms with van der Waals surface area (Å²) in [6.07, 6.45) is 4.45. The van der Waals surface area contributed by atoms with Crippen LogP contribution in [0.3, 0.4) is 0 Å². The Bertz CT molecular complexity index is 2250. The number of rotatable bonds is 2. The van der Waals surface area contributed by atoms with Crippen molar-refractivity contribution in [1.29, 1.82) is 0 Å². The molecule has 8 nitrogen and oxygen atoms in total. The molecule has 4 aromatic carbocycles. The lowest BCUT2D eigenvalue weighted by Crippen LogP contribution is -2.38. The first-order valence-electron chi connectivity index (χ1n) is 19.3. The molecule has 0 spiro atoms. The molecule has 0 amide bonds. The molecule has 0 radical (unpaired) electrons. The molecule has 54 heavy (non-hydrogen) atoms. The van der Waals surface area contributed by atoms with Crippen LogP contribution in [0.4, 0.5) is 0 Å². The third kappa shape index (κ3) is 4.74. The molecule has 4 atom stereocenters. The first-order chi connectivity index (χ1) is 26.0. The number of aromatic nitrogens is 4. The third-order valence-corrected chi connectivity index (χ3v) is 12.3. The van der Waals surface area contributed by atoms with E-state index in [1.807, 2.05) is 0 Å². The van der Waals surface area contributed by atoms with E-state index < -0.39 is 0 Å². The fourth-order valence-corrected chi connectivity index (χ4v) is 9.12. The molecule has 0 saturated heterocycles. The molecule has 0 saturated carbocycles. The second-order valence-electron chi connectivity index (χ2n) is 17.8. The van der Waals surface area contributed by atoms with Crippen LogP contribution in [0.1, 0.15) is 99.1 Å². The van der Waals surface area contributed by atoms with Crippen molar-refractivity contribution in [2.75, 3.05) is 26.4 Å². The van der Waals surface area contributed by atoms with Gasteiger partial charge in [-0.3, -0.25) is 0 Å². The van der Waals surface area contributed by atoms with Crippen LogP contribution in [0.25, 0.3) is 22.3 Å². The van der Waals surface area contributed by atoms with Gasteiger partial charge in [0, 0.05) is 22.3 Å². The van der Waals surface area contributed by atoms with E-state index >= 15 is 0 Å². The van der Waals surface area contributed by atoms with Gasteiger partial charge in [0.25, 0.3) is 12.7 Å². The molecule has 5 aliphatic heterocycles. The zero-order chi connectivity index (χ0) is 36.7. The van der Waals surface area contributed by atoms with Crippen molar-refractivity contribution >= 4 is 0 Å². The first kappa shape index (κ1) is 32.0. The van der Waals surface area contributed by atoms with Crippen molar-refractivity contribution in [3.05, 3.63) is 131 Å². The molecule has 272 valence electrons. The van der Waals surface area contributed by atoms with E-state index in [2.05, 4.69) is 157 Å². The van der Waals surface area contributed by atoms with E-state index in [0.29, 0.717) is 26.4 Å². The molecule has 5 aliphatic rings. The Kier molecular flexibility index (Phi) is 6.53. The monoisotopic (exact) mass is 718 g/mol. The summed E-state index contributed by atoms with van der Waals surface area (Å²) in [5.41, 5.74) is 12.3. The van der Waals surface area contributed by atoms with Crippen molar-refractivity contribution in [1.82, 2.24) is 9.13 Å². The Morgan fingerprint density at radius 2 is 0.907 bits per heavy atom. The fraction of sp³-hybridized carbons (Fsp3) is 0.348. The average molecular weight is 719 g/mol. The largest absolute Gasteiger partial charge is 0.452 e. The van der Waals surface area contributed by atoms with Gasteiger partial charge in [0.15, 0.2) is 24.2 Å². The first-order valence-corrected chi connectivity index (χ1v) is 19.3. The summed E-state index contributed by atoms with van der Waals surface area (Å²) >= 11 is 0. The van der Waals surface area contributed by atoms with E-state index in [1.54, 1.807) is 0 Å². The van der Waals surface area contributed by atoms with Gasteiger partial charge in [-0.15, -0.1) is 0 Å². The lowest BCUT2D eigenvalue weighted by molar-refractivity contribution is -0.697. The summed E-state index contributed by atoms with van der Waals surface area (Å²) in [4.78, 5) is 0. The van der Waals surface area contributed by atoms with E-state index in [0.717, 1.165) is 23.5 Å². The minimum atomic E-state index is -0.0136. The van der Waals surface area contributed by atoms with Crippen LogP contribution < -0.4 is 28.1 Å². The Morgan fingerprint density at radius 3 is 1.35 bits per heavy atom. The molecule has 8 bridgehead atoms. The van der Waals surface area contributed by atoms with E-state index in [4.69, 9.17) is 18.9 Å². The predicted octanol–water partition coefficient (Wildman–Crippen LogP) is 8.03. The van der Waals surface area contributed by atoms with Crippen molar-refractivity contribution < 1.29 is 28.1 Å². The van der Waals surface area contributed by atoms with Gasteiger partial charge in [0.05, 0.1) is 0 Å². The maximum atomic E-state index is 6.53. The Labute approximate surface area is 316 Å². The van der Waals surface area contributed by atoms with Gasteiger partial charge in [-0.25, -0.2) is 0 Å². The summed E-state index contributed by atoms with van der Waals surface area (Å²) in [5.74, 6) is 3.20. The minimum Gasteiger partial charge on any atom is -0.452 e. The maximum Gasteiger partial charge on any atom is 0.373 e. The highest BCUT2D eigenvalue weighted by molar-refractivity contribution is 5.68. The highest BCUT2D eigenvalue weighted by Gasteiger charge is 2.48. The zero-order valence-corrected chi connectivity index (χ0v) is 31.8. The normalized spacial score (nSPS) is 21.4. The van der Waals surface area contributed by atoms with Crippen molar-refractivity contribution in [3.8, 4) is 45.8 Å². The molecule has 0 aliphatic carbocycles. The number of nitrogens with zero attached hydrogens (tertiary/aromatic N) is 4. The van der Waals surface area contributed by atoms with Crippen molar-refractivity contribution in [2.24, 2.45) is 0 Å². The third-order valence-electron chi connectivity index (χ3n) is 12.3. The van der Waals surface area contributed by atoms with Crippen molar-refractivity contribution in [3.63, 3.8) is 0 Å². The smallest absolute Gasteiger partial charge is 0.373 e. The molecule has 6 aromatic rings. The number of fused-ring (bicyclic) bond motifs is 10. The van der Waals surface area contributed by atoms with Crippen LogP contribution in [0, 0.1) is 0 Å². The number of ether oxygens (including phenoxy) is 4. The van der Waals surface area contributed by atoms with Gasteiger partial charge in [0.1, 0.15) is 26.4 Å². The Hall–Kier alpha value is -5.50. The number of imidazole rings is 2. The number of hydrogen-bond donors (Lipinski definition) is 0. The molecule has 4 unspecified atom stereocenters. The number of benzene rings is 4. The molecule has 8 heteroatoms. The van der Waals surface area contributed by atoms with E-state index in [1.165, 1.54) is 55.6 Å². The summed E-state index contributed by atoms with van der Waals surface area (Å²) in [6, 6.07) is 32.1. The van der Waals surface area contributed by atoms with E-state index in [-0.39, 0.29) is 35.0 Å². The summed E-state index contributed by atoms with van der Waals surface area (Å²) in [7, 11) is 0. The van der Waals surface area contributed by atoms with Crippen LogP contribution in [0.2, 0.25) is 0 Å². The molecule has 0 N–H and O–H groups in total. The predicted molar refractivity (Wildman–Crippen MR) is 205 cm³/mol. The Morgan fingerprint density at radius 1 is 0.481 bits per heavy atom. The van der Waals surface area contributed by atoms with Gasteiger partial charge in [-0.05, 0) is 80.6 Å². The van der Waals surface area contributed by atoms with Gasteiger partial charge in [0.2, 0.25) is 0 Å². The highest BCUT2D eigenvalue weighted by atomic mass is 16.6. The fourth-order valence-electron chi connectivity index (χ4n) is 9.12. The lowest BCUT2D eigenvalue weighted by atomic mass is 9.85. The second kappa shape index (κ2) is 11.0. The standard InChI is InChI=1S/C46H46N4O4/c1-45(2,3)35-11-7-9-27(19-35)29-13-31-17-32(14-29)38-22-52-42-44-50(26-48(38)42)40(24-54-44)34-16-30(28-10-8-12-36(20-28)46(4,5)6)15-33(18-34)39-23-53-43-41-47(25-49(39)43)37(31)21-51-41/h7-20,25-26,37-40H,21-24H2,1-6H3/q+2. The second-order valence-corrected chi connectivity index (χ2v) is 17.8.